The van der Waals surface area contributed by atoms with Crippen LogP contribution in [-0.4, -0.2) is 6.18 Å². The minimum atomic E-state index is -5.85. The summed E-state index contributed by atoms with van der Waals surface area (Å²) in [5.41, 5.74) is 2.69. The lowest BCUT2D eigenvalue weighted by Crippen LogP contribution is -2.34. The average molecular weight is 264 g/mol. The standard InChI is InChI=1S/C8H4ClF6N/c9-4-2-6(16)5(10)1-3(4)7(11,12)8(13,14)15/h1-2H,16H2. The Balaban J connectivity index is 3.39. The van der Waals surface area contributed by atoms with Crippen LogP contribution in [0.1, 0.15) is 5.56 Å². The second-order valence-electron chi connectivity index (χ2n) is 2.93. The normalized spacial score (nSPS) is 12.9. The van der Waals surface area contributed by atoms with Crippen molar-refractivity contribution < 1.29 is 26.3 Å². The number of hydrogen-bond acceptors (Lipinski definition) is 1. The number of nitrogens with two attached hydrogens (primary N) is 1. The summed E-state index contributed by atoms with van der Waals surface area (Å²) in [6, 6.07) is 0.483. The highest BCUT2D eigenvalue weighted by molar-refractivity contribution is 6.31. The lowest BCUT2D eigenvalue weighted by atomic mass is 10.1. The SMILES string of the molecule is Nc1cc(Cl)c(C(F)(F)C(F)(F)F)cc1F. The fourth-order valence-electron chi connectivity index (χ4n) is 0.956. The minimum absolute atomic E-state index is 0.0227. The fraction of sp³-hybridized carbons (Fsp3) is 0.250. The highest BCUT2D eigenvalue weighted by Crippen LogP contribution is 2.46. The molecule has 0 unspecified atom stereocenters. The molecule has 1 aromatic rings. The molecule has 0 aliphatic heterocycles. The van der Waals surface area contributed by atoms with E-state index in [1.54, 1.807) is 0 Å². The highest BCUT2D eigenvalue weighted by Gasteiger charge is 2.59. The van der Waals surface area contributed by atoms with Gasteiger partial charge in [-0.2, -0.15) is 22.0 Å². The quantitative estimate of drug-likeness (QED) is 0.606. The van der Waals surface area contributed by atoms with Crippen LogP contribution in [-0.2, 0) is 5.92 Å². The van der Waals surface area contributed by atoms with Crippen molar-refractivity contribution in [2.24, 2.45) is 0 Å². The van der Waals surface area contributed by atoms with E-state index >= 15 is 0 Å². The molecule has 0 aromatic heterocycles. The smallest absolute Gasteiger partial charge is 0.396 e. The van der Waals surface area contributed by atoms with Gasteiger partial charge in [0.05, 0.1) is 16.3 Å². The predicted molar refractivity (Wildman–Crippen MR) is 45.8 cm³/mol. The van der Waals surface area contributed by atoms with Gasteiger partial charge in [0.25, 0.3) is 0 Å². The summed E-state index contributed by atoms with van der Waals surface area (Å²) in [5.74, 6) is -6.61. The first-order chi connectivity index (χ1) is 7.07. The van der Waals surface area contributed by atoms with Gasteiger partial charge in [-0.25, -0.2) is 4.39 Å². The van der Waals surface area contributed by atoms with E-state index in [4.69, 9.17) is 17.3 Å². The number of nitrogen functional groups attached to an aromatic ring is 1. The van der Waals surface area contributed by atoms with E-state index in [1.807, 2.05) is 0 Å². The van der Waals surface area contributed by atoms with Gasteiger partial charge in [-0.15, -0.1) is 0 Å². The molecular weight excluding hydrogens is 260 g/mol. The third kappa shape index (κ3) is 2.04. The first-order valence-corrected chi connectivity index (χ1v) is 4.14. The van der Waals surface area contributed by atoms with Gasteiger partial charge < -0.3 is 5.73 Å². The third-order valence-corrected chi connectivity index (χ3v) is 2.09. The maximum Gasteiger partial charge on any atom is 0.458 e. The van der Waals surface area contributed by atoms with Crippen molar-refractivity contribution in [1.29, 1.82) is 0 Å². The number of rotatable bonds is 1. The summed E-state index contributed by atoms with van der Waals surface area (Å²) < 4.78 is 74.3. The van der Waals surface area contributed by atoms with Gasteiger partial charge in [-0.3, -0.25) is 0 Å². The van der Waals surface area contributed by atoms with Gasteiger partial charge in [0.15, 0.2) is 0 Å². The Morgan fingerprint density at radius 3 is 2.00 bits per heavy atom. The molecule has 1 rings (SSSR count). The van der Waals surface area contributed by atoms with Gasteiger partial charge in [0, 0.05) is 0 Å². The van der Waals surface area contributed by atoms with Crippen LogP contribution in [0.15, 0.2) is 12.1 Å². The van der Waals surface area contributed by atoms with Crippen molar-refractivity contribution in [3.05, 3.63) is 28.5 Å². The summed E-state index contributed by atoms with van der Waals surface area (Å²) >= 11 is 5.17. The molecule has 0 heterocycles. The Morgan fingerprint density at radius 1 is 1.06 bits per heavy atom. The molecule has 1 aromatic carbocycles. The van der Waals surface area contributed by atoms with E-state index in [0.717, 1.165) is 0 Å². The van der Waals surface area contributed by atoms with Crippen molar-refractivity contribution in [1.82, 2.24) is 0 Å². The second-order valence-corrected chi connectivity index (χ2v) is 3.33. The molecule has 0 atom stereocenters. The Hall–Kier alpha value is -1.11. The van der Waals surface area contributed by atoms with Crippen molar-refractivity contribution >= 4 is 17.3 Å². The van der Waals surface area contributed by atoms with Crippen molar-refractivity contribution in [3.63, 3.8) is 0 Å². The number of halogens is 7. The summed E-state index contributed by atoms with van der Waals surface area (Å²) in [4.78, 5) is 0. The van der Waals surface area contributed by atoms with Crippen LogP contribution in [0, 0.1) is 5.82 Å². The lowest BCUT2D eigenvalue weighted by molar-refractivity contribution is -0.289. The molecule has 0 aliphatic rings. The van der Waals surface area contributed by atoms with Crippen LogP contribution in [0.2, 0.25) is 5.02 Å². The zero-order chi connectivity index (χ0) is 12.7. The molecule has 0 radical (unpaired) electrons. The first kappa shape index (κ1) is 13.0. The summed E-state index contributed by atoms with van der Waals surface area (Å²) in [7, 11) is 0. The molecule has 8 heteroatoms. The van der Waals surface area contributed by atoms with Crippen molar-refractivity contribution in [3.8, 4) is 0 Å². The first-order valence-electron chi connectivity index (χ1n) is 3.77. The van der Waals surface area contributed by atoms with E-state index < -0.39 is 34.2 Å². The van der Waals surface area contributed by atoms with Crippen LogP contribution >= 0.6 is 11.6 Å². The second kappa shape index (κ2) is 3.73. The number of benzene rings is 1. The Labute approximate surface area is 90.8 Å². The van der Waals surface area contributed by atoms with E-state index in [-0.39, 0.29) is 6.07 Å². The van der Waals surface area contributed by atoms with Crippen LogP contribution < -0.4 is 5.73 Å². The van der Waals surface area contributed by atoms with Crippen molar-refractivity contribution in [2.45, 2.75) is 12.1 Å². The molecule has 16 heavy (non-hydrogen) atoms. The lowest BCUT2D eigenvalue weighted by Gasteiger charge is -2.21. The molecule has 0 fully saturated rings. The Bertz CT molecular complexity index is 414. The van der Waals surface area contributed by atoms with E-state index in [1.165, 1.54) is 0 Å². The van der Waals surface area contributed by atoms with Gasteiger partial charge in [-0.05, 0) is 12.1 Å². The molecule has 0 bridgehead atoms. The molecular formula is C8H4ClF6N. The monoisotopic (exact) mass is 263 g/mol. The van der Waals surface area contributed by atoms with Crippen LogP contribution in [0.25, 0.3) is 0 Å². The van der Waals surface area contributed by atoms with Crippen molar-refractivity contribution in [2.75, 3.05) is 5.73 Å². The maximum atomic E-state index is 12.8. The van der Waals surface area contributed by atoms with Gasteiger partial charge in [0.2, 0.25) is 0 Å². The summed E-state index contributed by atoms with van der Waals surface area (Å²) in [6.45, 7) is 0. The Kier molecular flexibility index (Phi) is 3.02. The summed E-state index contributed by atoms with van der Waals surface area (Å²) in [5, 5.41) is -0.943. The van der Waals surface area contributed by atoms with Crippen LogP contribution in [0.3, 0.4) is 0 Å². The van der Waals surface area contributed by atoms with E-state index in [9.17, 15) is 26.3 Å². The Morgan fingerprint density at radius 2 is 1.56 bits per heavy atom. The summed E-state index contributed by atoms with van der Waals surface area (Å²) in [6.07, 6.45) is -5.85. The minimum Gasteiger partial charge on any atom is -0.396 e. The van der Waals surface area contributed by atoms with Gasteiger partial charge in [-0.1, -0.05) is 11.6 Å². The predicted octanol–water partition coefficient (Wildman–Crippen LogP) is 3.72. The van der Waals surface area contributed by atoms with Crippen LogP contribution in [0.4, 0.5) is 32.0 Å². The van der Waals surface area contributed by atoms with Crippen LogP contribution in [0.5, 0.6) is 0 Å². The van der Waals surface area contributed by atoms with Gasteiger partial charge >= 0.3 is 12.1 Å². The molecule has 1 nitrogen and oxygen atoms in total. The van der Waals surface area contributed by atoms with Gasteiger partial charge in [0.1, 0.15) is 5.82 Å². The largest absolute Gasteiger partial charge is 0.458 e. The molecule has 90 valence electrons. The number of anilines is 1. The third-order valence-electron chi connectivity index (χ3n) is 1.78. The van der Waals surface area contributed by atoms with E-state index in [2.05, 4.69) is 0 Å². The molecule has 0 spiro atoms. The number of alkyl halides is 5. The number of hydrogen-bond donors (Lipinski definition) is 1. The fourth-order valence-corrected chi connectivity index (χ4v) is 1.25. The average Bonchev–Trinajstić information content (AvgIpc) is 2.09. The molecule has 0 amide bonds. The van der Waals surface area contributed by atoms with E-state index in [0.29, 0.717) is 6.07 Å². The zero-order valence-corrected chi connectivity index (χ0v) is 8.13. The molecule has 0 saturated heterocycles. The maximum absolute atomic E-state index is 12.8. The molecule has 2 N–H and O–H groups in total. The molecule has 0 aliphatic carbocycles. The highest BCUT2D eigenvalue weighted by atomic mass is 35.5. The topological polar surface area (TPSA) is 26.0 Å². The zero-order valence-electron chi connectivity index (χ0n) is 7.38. The molecule has 0 saturated carbocycles.